The van der Waals surface area contributed by atoms with E-state index < -0.39 is 0 Å². The minimum atomic E-state index is 0.881. The van der Waals surface area contributed by atoms with Gasteiger partial charge in [-0.1, -0.05) is 146 Å². The third-order valence-electron chi connectivity index (χ3n) is 12.0. The van der Waals surface area contributed by atoms with Crippen LogP contribution in [0.5, 0.6) is 0 Å². The molecule has 2 aromatic heterocycles. The molecule has 0 unspecified atom stereocenters. The summed E-state index contributed by atoms with van der Waals surface area (Å²) in [5.41, 5.74) is 13.0. The first kappa shape index (κ1) is 33.3. The van der Waals surface area contributed by atoms with Gasteiger partial charge >= 0.3 is 0 Å². The number of anilines is 3. The number of benzene rings is 10. The third kappa shape index (κ3) is 5.44. The number of rotatable bonds is 6. The summed E-state index contributed by atoms with van der Waals surface area (Å²) in [6, 6.07) is 78.8. The highest BCUT2D eigenvalue weighted by Crippen LogP contribution is 2.44. The molecule has 0 fully saturated rings. The van der Waals surface area contributed by atoms with Gasteiger partial charge in [0.1, 0.15) is 11.2 Å². The molecule has 276 valence electrons. The van der Waals surface area contributed by atoms with Gasteiger partial charge < -0.3 is 13.9 Å². The van der Waals surface area contributed by atoms with Crippen LogP contribution in [0.15, 0.2) is 223 Å². The molecule has 0 saturated carbocycles. The Kier molecular flexibility index (Phi) is 7.54. The second-order valence-corrected chi connectivity index (χ2v) is 15.3. The van der Waals surface area contributed by atoms with Crippen molar-refractivity contribution in [3.8, 4) is 27.9 Å². The van der Waals surface area contributed by atoms with Crippen molar-refractivity contribution in [2.24, 2.45) is 0 Å². The lowest BCUT2D eigenvalue weighted by atomic mass is 9.97. The standard InChI is InChI=1S/C56H36N2O/c1-2-15-45-38(12-1)24-25-40-34-39(28-32-46(40)45)37-26-30-42(31-27-37)57(43-13-11-14-44(36-43)58-53-21-8-4-17-48(53)49-18-5-9-22-54(49)58)52-20-7-3-16-47(52)41-29-33-51-50-19-6-10-23-55(50)59-56(51)35-41/h1-36H. The maximum absolute atomic E-state index is 6.40. The quantitative estimate of drug-likeness (QED) is 0.158. The zero-order chi connectivity index (χ0) is 38.9. The van der Waals surface area contributed by atoms with E-state index in [0.29, 0.717) is 0 Å². The molecule has 10 aromatic carbocycles. The summed E-state index contributed by atoms with van der Waals surface area (Å²) < 4.78 is 8.79. The Hall–Kier alpha value is -7.88. The Morgan fingerprint density at radius 1 is 0.339 bits per heavy atom. The highest BCUT2D eigenvalue weighted by molar-refractivity contribution is 6.10. The summed E-state index contributed by atoms with van der Waals surface area (Å²) in [5.74, 6) is 0. The second kappa shape index (κ2) is 13.4. The van der Waals surface area contributed by atoms with Gasteiger partial charge in [-0.15, -0.1) is 0 Å². The fourth-order valence-corrected chi connectivity index (χ4v) is 9.20. The smallest absolute Gasteiger partial charge is 0.136 e. The average Bonchev–Trinajstić information content (AvgIpc) is 3.85. The molecular weight excluding hydrogens is 717 g/mol. The predicted octanol–water partition coefficient (Wildman–Crippen LogP) is 15.8. The summed E-state index contributed by atoms with van der Waals surface area (Å²) in [7, 11) is 0. The van der Waals surface area contributed by atoms with Gasteiger partial charge in [0.2, 0.25) is 0 Å². The molecule has 0 radical (unpaired) electrons. The Morgan fingerprint density at radius 2 is 0.949 bits per heavy atom. The van der Waals surface area contributed by atoms with Crippen LogP contribution in [-0.4, -0.2) is 4.57 Å². The lowest BCUT2D eigenvalue weighted by Gasteiger charge is -2.28. The van der Waals surface area contributed by atoms with E-state index >= 15 is 0 Å². The zero-order valence-corrected chi connectivity index (χ0v) is 32.1. The van der Waals surface area contributed by atoms with Gasteiger partial charge in [0, 0.05) is 44.2 Å². The number of aromatic nitrogens is 1. The van der Waals surface area contributed by atoms with E-state index in [1.54, 1.807) is 0 Å². The Morgan fingerprint density at radius 3 is 1.78 bits per heavy atom. The summed E-state index contributed by atoms with van der Waals surface area (Å²) in [6.07, 6.45) is 0. The molecule has 59 heavy (non-hydrogen) atoms. The number of para-hydroxylation sites is 4. The van der Waals surface area contributed by atoms with Crippen LogP contribution in [0.4, 0.5) is 17.1 Å². The number of hydrogen-bond donors (Lipinski definition) is 0. The maximum atomic E-state index is 6.40. The van der Waals surface area contributed by atoms with E-state index in [4.69, 9.17) is 4.42 Å². The molecule has 12 rings (SSSR count). The van der Waals surface area contributed by atoms with E-state index in [2.05, 4.69) is 216 Å². The molecule has 0 aliphatic heterocycles. The van der Waals surface area contributed by atoms with E-state index in [1.165, 1.54) is 54.5 Å². The lowest BCUT2D eigenvalue weighted by Crippen LogP contribution is -2.11. The molecule has 3 heteroatoms. The molecule has 0 saturated heterocycles. The Bertz CT molecular complexity index is 3520. The van der Waals surface area contributed by atoms with Gasteiger partial charge in [0.25, 0.3) is 0 Å². The topological polar surface area (TPSA) is 21.3 Å². The summed E-state index contributed by atoms with van der Waals surface area (Å²) in [4.78, 5) is 2.39. The second-order valence-electron chi connectivity index (χ2n) is 15.3. The van der Waals surface area contributed by atoms with E-state index in [0.717, 1.165) is 55.8 Å². The van der Waals surface area contributed by atoms with Crippen LogP contribution >= 0.6 is 0 Å². The van der Waals surface area contributed by atoms with Crippen molar-refractivity contribution in [3.05, 3.63) is 218 Å². The first-order valence-corrected chi connectivity index (χ1v) is 20.2. The minimum Gasteiger partial charge on any atom is -0.456 e. The SMILES string of the molecule is c1cc(N(c2ccc(-c3ccc4c(ccc5ccccc54)c3)cc2)c2ccccc2-c2ccc3c(c2)oc2ccccc23)cc(-n2c3ccccc3c3ccccc32)c1. The Balaban J connectivity index is 1.02. The van der Waals surface area contributed by atoms with Gasteiger partial charge in [-0.05, 0) is 111 Å². The van der Waals surface area contributed by atoms with Crippen LogP contribution in [-0.2, 0) is 0 Å². The Labute approximate surface area is 341 Å². The van der Waals surface area contributed by atoms with Crippen molar-refractivity contribution in [3.63, 3.8) is 0 Å². The van der Waals surface area contributed by atoms with Crippen molar-refractivity contribution >= 4 is 82.4 Å². The number of hydrogen-bond acceptors (Lipinski definition) is 2. The zero-order valence-electron chi connectivity index (χ0n) is 32.1. The van der Waals surface area contributed by atoms with E-state index in [1.807, 2.05) is 12.1 Å². The van der Waals surface area contributed by atoms with Gasteiger partial charge in [-0.3, -0.25) is 0 Å². The van der Waals surface area contributed by atoms with Crippen LogP contribution in [0.2, 0.25) is 0 Å². The molecule has 0 spiro atoms. The van der Waals surface area contributed by atoms with Gasteiger partial charge in [0.05, 0.1) is 16.7 Å². The molecular formula is C56H36N2O. The lowest BCUT2D eigenvalue weighted by molar-refractivity contribution is 0.669. The van der Waals surface area contributed by atoms with E-state index in [9.17, 15) is 0 Å². The largest absolute Gasteiger partial charge is 0.456 e. The van der Waals surface area contributed by atoms with Gasteiger partial charge in [-0.25, -0.2) is 0 Å². The molecule has 0 atom stereocenters. The highest BCUT2D eigenvalue weighted by atomic mass is 16.3. The van der Waals surface area contributed by atoms with Crippen molar-refractivity contribution in [1.82, 2.24) is 4.57 Å². The molecule has 0 amide bonds. The molecule has 3 nitrogen and oxygen atoms in total. The van der Waals surface area contributed by atoms with Crippen LogP contribution in [0, 0.1) is 0 Å². The third-order valence-corrected chi connectivity index (χ3v) is 12.0. The number of fused-ring (bicyclic) bond motifs is 9. The first-order valence-electron chi connectivity index (χ1n) is 20.2. The van der Waals surface area contributed by atoms with Crippen molar-refractivity contribution in [1.29, 1.82) is 0 Å². The average molecular weight is 753 g/mol. The van der Waals surface area contributed by atoms with Gasteiger partial charge in [0.15, 0.2) is 0 Å². The number of furan rings is 1. The minimum absolute atomic E-state index is 0.881. The van der Waals surface area contributed by atoms with Crippen LogP contribution in [0.1, 0.15) is 0 Å². The monoisotopic (exact) mass is 752 g/mol. The summed E-state index contributed by atoms with van der Waals surface area (Å²) >= 11 is 0. The molecule has 0 bridgehead atoms. The molecule has 0 aliphatic rings. The van der Waals surface area contributed by atoms with Crippen molar-refractivity contribution < 1.29 is 4.42 Å². The fraction of sp³-hybridized carbons (Fsp3) is 0. The maximum Gasteiger partial charge on any atom is 0.136 e. The normalized spacial score (nSPS) is 11.7. The van der Waals surface area contributed by atoms with Crippen LogP contribution in [0.25, 0.3) is 93.2 Å². The van der Waals surface area contributed by atoms with Gasteiger partial charge in [-0.2, -0.15) is 0 Å². The molecule has 2 heterocycles. The molecule has 0 aliphatic carbocycles. The number of nitrogens with zero attached hydrogens (tertiary/aromatic N) is 2. The predicted molar refractivity (Wildman–Crippen MR) is 249 cm³/mol. The van der Waals surface area contributed by atoms with Crippen molar-refractivity contribution in [2.75, 3.05) is 4.90 Å². The summed E-state index contributed by atoms with van der Waals surface area (Å²) in [6.45, 7) is 0. The fourth-order valence-electron chi connectivity index (χ4n) is 9.20. The van der Waals surface area contributed by atoms with Crippen LogP contribution < -0.4 is 4.90 Å². The van der Waals surface area contributed by atoms with Crippen LogP contribution in [0.3, 0.4) is 0 Å². The summed E-state index contributed by atoms with van der Waals surface area (Å²) in [5, 5.41) is 9.80. The first-order chi connectivity index (χ1) is 29.2. The highest BCUT2D eigenvalue weighted by Gasteiger charge is 2.20. The van der Waals surface area contributed by atoms with E-state index in [-0.39, 0.29) is 0 Å². The molecule has 12 aromatic rings. The van der Waals surface area contributed by atoms with Crippen molar-refractivity contribution in [2.45, 2.75) is 0 Å². The molecule has 0 N–H and O–H groups in total.